The lowest BCUT2D eigenvalue weighted by molar-refractivity contribution is -0.119. The van der Waals surface area contributed by atoms with Gasteiger partial charge in [-0.15, -0.1) is 0 Å². The van der Waals surface area contributed by atoms with E-state index < -0.39 is 5.60 Å². The topological polar surface area (TPSA) is 107 Å². The summed E-state index contributed by atoms with van der Waals surface area (Å²) in [7, 11) is 1.58. The molecule has 1 aliphatic rings. The number of nitrogens with one attached hydrogen (secondary N) is 3. The van der Waals surface area contributed by atoms with E-state index in [0.717, 1.165) is 13.1 Å². The number of methoxy groups -OCH3 is 1. The van der Waals surface area contributed by atoms with E-state index in [1.54, 1.807) is 14.0 Å². The third-order valence-electron chi connectivity index (χ3n) is 3.66. The zero-order chi connectivity index (χ0) is 18.5. The zero-order valence-corrected chi connectivity index (χ0v) is 15.6. The van der Waals surface area contributed by atoms with Crippen LogP contribution >= 0.6 is 0 Å². The van der Waals surface area contributed by atoms with Gasteiger partial charge in [-0.3, -0.25) is 9.69 Å². The van der Waals surface area contributed by atoms with Crippen LogP contribution in [0.15, 0.2) is 4.99 Å². The summed E-state index contributed by atoms with van der Waals surface area (Å²) >= 11 is 0. The minimum Gasteiger partial charge on any atom is -0.387 e. The highest BCUT2D eigenvalue weighted by Gasteiger charge is 2.25. The number of β-amino-alcohol motifs (C(OH)–C–C–N with tert-alkyl or cyclic N) is 1. The number of ether oxygens (including phenoxy) is 2. The molecule has 0 aromatic carbocycles. The van der Waals surface area contributed by atoms with Gasteiger partial charge >= 0.3 is 0 Å². The average molecular weight is 359 g/mol. The highest BCUT2D eigenvalue weighted by molar-refractivity contribution is 5.84. The van der Waals surface area contributed by atoms with Crippen LogP contribution in [0.4, 0.5) is 0 Å². The van der Waals surface area contributed by atoms with Crippen LogP contribution in [0, 0.1) is 0 Å². The molecule has 9 heteroatoms. The molecule has 146 valence electrons. The van der Waals surface area contributed by atoms with Gasteiger partial charge < -0.3 is 30.5 Å². The first kappa shape index (κ1) is 21.6. The first-order valence-corrected chi connectivity index (χ1v) is 8.77. The van der Waals surface area contributed by atoms with Crippen molar-refractivity contribution < 1.29 is 19.4 Å². The number of carbonyl (C=O) groups is 1. The van der Waals surface area contributed by atoms with Crippen molar-refractivity contribution in [1.82, 2.24) is 20.9 Å². The third kappa shape index (κ3) is 10.2. The van der Waals surface area contributed by atoms with E-state index in [1.807, 2.05) is 6.92 Å². The number of hydrogen-bond donors (Lipinski definition) is 4. The Bertz CT molecular complexity index is 411. The van der Waals surface area contributed by atoms with Gasteiger partial charge in [0.05, 0.1) is 25.4 Å². The fourth-order valence-electron chi connectivity index (χ4n) is 2.41. The van der Waals surface area contributed by atoms with E-state index in [4.69, 9.17) is 9.47 Å². The van der Waals surface area contributed by atoms with Crippen LogP contribution in [0.3, 0.4) is 0 Å². The number of aliphatic hydroxyl groups is 1. The molecule has 0 saturated carbocycles. The lowest BCUT2D eigenvalue weighted by Gasteiger charge is -2.34. The first-order chi connectivity index (χ1) is 12.0. The molecule has 25 heavy (non-hydrogen) atoms. The highest BCUT2D eigenvalue weighted by Crippen LogP contribution is 2.07. The fourth-order valence-corrected chi connectivity index (χ4v) is 2.41. The van der Waals surface area contributed by atoms with Crippen molar-refractivity contribution in [2.24, 2.45) is 4.99 Å². The number of guanidine groups is 1. The Kier molecular flexibility index (Phi) is 10.4. The number of amides is 1. The molecule has 1 fully saturated rings. The Morgan fingerprint density at radius 3 is 2.68 bits per heavy atom. The largest absolute Gasteiger partial charge is 0.387 e. The number of hydrogen-bond acceptors (Lipinski definition) is 6. The highest BCUT2D eigenvalue weighted by atomic mass is 16.5. The molecule has 1 saturated heterocycles. The molecule has 1 aliphatic heterocycles. The van der Waals surface area contributed by atoms with Crippen LogP contribution in [0.5, 0.6) is 0 Å². The monoisotopic (exact) mass is 359 g/mol. The summed E-state index contributed by atoms with van der Waals surface area (Å²) in [5.74, 6) is 0.334. The van der Waals surface area contributed by atoms with Crippen molar-refractivity contribution in [2.45, 2.75) is 19.4 Å². The van der Waals surface area contributed by atoms with E-state index in [9.17, 15) is 9.90 Å². The van der Waals surface area contributed by atoms with Gasteiger partial charge in [0.25, 0.3) is 0 Å². The molecule has 0 radical (unpaired) electrons. The van der Waals surface area contributed by atoms with E-state index >= 15 is 0 Å². The number of rotatable bonds is 10. The van der Waals surface area contributed by atoms with Crippen molar-refractivity contribution >= 4 is 11.9 Å². The maximum atomic E-state index is 11.7. The SMILES string of the molecule is CCNC(=NCC(=O)NCCOC)NCC(C)(O)CN1CCOCC1. The van der Waals surface area contributed by atoms with E-state index in [-0.39, 0.29) is 12.5 Å². The molecular weight excluding hydrogens is 326 g/mol. The van der Waals surface area contributed by atoms with Crippen molar-refractivity contribution in [3.63, 3.8) is 0 Å². The standard InChI is InChI=1S/C16H33N5O4/c1-4-17-15(19-11-14(22)18-5-8-24-3)20-12-16(2,23)13-21-6-9-25-10-7-21/h23H,4-13H2,1-3H3,(H,18,22)(H2,17,19,20). The van der Waals surface area contributed by atoms with Crippen molar-refractivity contribution in [3.8, 4) is 0 Å². The molecule has 0 aliphatic carbocycles. The van der Waals surface area contributed by atoms with Crippen molar-refractivity contribution in [2.75, 3.05) is 72.7 Å². The normalized spacial score (nSPS) is 18.5. The molecule has 0 bridgehead atoms. The number of carbonyl (C=O) groups excluding carboxylic acids is 1. The van der Waals surface area contributed by atoms with Gasteiger partial charge in [-0.1, -0.05) is 0 Å². The second-order valence-electron chi connectivity index (χ2n) is 6.28. The van der Waals surface area contributed by atoms with Crippen LogP contribution in [0.2, 0.25) is 0 Å². The molecule has 1 unspecified atom stereocenters. The minimum atomic E-state index is -0.908. The molecule has 4 N–H and O–H groups in total. The molecule has 0 aromatic rings. The average Bonchev–Trinajstić information content (AvgIpc) is 2.58. The Morgan fingerprint density at radius 2 is 2.04 bits per heavy atom. The number of morpholine rings is 1. The summed E-state index contributed by atoms with van der Waals surface area (Å²) in [6.07, 6.45) is 0. The molecule has 1 heterocycles. The molecule has 1 atom stereocenters. The predicted octanol–water partition coefficient (Wildman–Crippen LogP) is -1.61. The molecule has 1 amide bonds. The van der Waals surface area contributed by atoms with Crippen LogP contribution in [0.1, 0.15) is 13.8 Å². The van der Waals surface area contributed by atoms with Gasteiger partial charge in [0.15, 0.2) is 5.96 Å². The summed E-state index contributed by atoms with van der Waals surface area (Å²) in [5.41, 5.74) is -0.908. The number of aliphatic imine (C=N–C) groups is 1. The van der Waals surface area contributed by atoms with Gasteiger partial charge in [-0.2, -0.15) is 0 Å². The molecule has 9 nitrogen and oxygen atoms in total. The van der Waals surface area contributed by atoms with Gasteiger partial charge in [0.1, 0.15) is 6.54 Å². The fraction of sp³-hybridized carbons (Fsp3) is 0.875. The molecule has 1 rings (SSSR count). The van der Waals surface area contributed by atoms with Crippen LogP contribution in [-0.4, -0.2) is 100 Å². The number of nitrogens with zero attached hydrogens (tertiary/aromatic N) is 2. The summed E-state index contributed by atoms with van der Waals surface area (Å²) in [6, 6.07) is 0. The summed E-state index contributed by atoms with van der Waals surface area (Å²) in [6.45, 7) is 9.30. The van der Waals surface area contributed by atoms with Gasteiger partial charge in [0, 0.05) is 46.4 Å². The van der Waals surface area contributed by atoms with Crippen molar-refractivity contribution in [1.29, 1.82) is 0 Å². The second kappa shape index (κ2) is 12.0. The predicted molar refractivity (Wildman–Crippen MR) is 96.7 cm³/mol. The Labute approximate surface area is 150 Å². The maximum absolute atomic E-state index is 11.7. The summed E-state index contributed by atoms with van der Waals surface area (Å²) in [5, 5.41) is 19.5. The third-order valence-corrected chi connectivity index (χ3v) is 3.66. The Morgan fingerprint density at radius 1 is 1.32 bits per heavy atom. The Balaban J connectivity index is 2.41. The van der Waals surface area contributed by atoms with Crippen LogP contribution in [0.25, 0.3) is 0 Å². The first-order valence-electron chi connectivity index (χ1n) is 8.77. The molecule has 0 spiro atoms. The minimum absolute atomic E-state index is 0.0185. The van der Waals surface area contributed by atoms with Crippen molar-refractivity contribution in [3.05, 3.63) is 0 Å². The van der Waals surface area contributed by atoms with Gasteiger partial charge in [0.2, 0.25) is 5.91 Å². The van der Waals surface area contributed by atoms with Crippen LogP contribution in [-0.2, 0) is 14.3 Å². The Hall–Kier alpha value is -1.42. The summed E-state index contributed by atoms with van der Waals surface area (Å²) < 4.78 is 10.2. The lowest BCUT2D eigenvalue weighted by Crippen LogP contribution is -2.53. The van der Waals surface area contributed by atoms with E-state index in [1.165, 1.54) is 0 Å². The quantitative estimate of drug-likeness (QED) is 0.211. The second-order valence-corrected chi connectivity index (χ2v) is 6.28. The smallest absolute Gasteiger partial charge is 0.241 e. The van der Waals surface area contributed by atoms with E-state index in [0.29, 0.717) is 52.0 Å². The zero-order valence-electron chi connectivity index (χ0n) is 15.6. The van der Waals surface area contributed by atoms with Crippen LogP contribution < -0.4 is 16.0 Å². The maximum Gasteiger partial charge on any atom is 0.241 e. The van der Waals surface area contributed by atoms with Gasteiger partial charge in [-0.05, 0) is 13.8 Å². The van der Waals surface area contributed by atoms with Gasteiger partial charge in [-0.25, -0.2) is 4.99 Å². The molecule has 0 aromatic heterocycles. The summed E-state index contributed by atoms with van der Waals surface area (Å²) in [4.78, 5) is 18.1. The molecular formula is C16H33N5O4. The van der Waals surface area contributed by atoms with E-state index in [2.05, 4.69) is 25.8 Å². The lowest BCUT2D eigenvalue weighted by atomic mass is 10.1.